The zero-order valence-electron chi connectivity index (χ0n) is 11.3. The number of benzene rings is 1. The number of hydrogen-bond donors (Lipinski definition) is 2. The van der Waals surface area contributed by atoms with Gasteiger partial charge in [-0.15, -0.1) is 0 Å². The zero-order chi connectivity index (χ0) is 14.6. The highest BCUT2D eigenvalue weighted by molar-refractivity contribution is 5.82. The van der Waals surface area contributed by atoms with E-state index in [4.69, 9.17) is 5.73 Å². The molecule has 0 spiro atoms. The van der Waals surface area contributed by atoms with Crippen LogP contribution >= 0.6 is 0 Å². The molecule has 104 valence electrons. The molecule has 20 heavy (non-hydrogen) atoms. The van der Waals surface area contributed by atoms with E-state index in [9.17, 15) is 9.90 Å². The van der Waals surface area contributed by atoms with E-state index < -0.39 is 11.4 Å². The molecule has 0 aliphatic carbocycles. The first-order chi connectivity index (χ1) is 9.58. The normalized spacial score (nSPS) is 13.7. The summed E-state index contributed by atoms with van der Waals surface area (Å²) < 4.78 is 0. The van der Waals surface area contributed by atoms with Crippen molar-refractivity contribution in [1.29, 1.82) is 0 Å². The van der Waals surface area contributed by atoms with Gasteiger partial charge in [-0.1, -0.05) is 29.8 Å². The summed E-state index contributed by atoms with van der Waals surface area (Å²) in [6.07, 6.45) is 3.37. The summed E-state index contributed by atoms with van der Waals surface area (Å²) in [5.41, 5.74) is 6.28. The molecule has 5 nitrogen and oxygen atoms in total. The molecule has 1 aromatic carbocycles. The van der Waals surface area contributed by atoms with Crippen LogP contribution in [0.1, 0.15) is 17.0 Å². The number of nitrogens with zero attached hydrogens (tertiary/aromatic N) is 2. The molecule has 0 amide bonds. The van der Waals surface area contributed by atoms with Crippen LogP contribution in [0.25, 0.3) is 0 Å². The number of carbonyl (C=O) groups is 1. The number of carboxylic acid groups (broad SMARTS) is 1. The molecule has 0 aliphatic rings. The first-order valence-corrected chi connectivity index (χ1v) is 6.35. The van der Waals surface area contributed by atoms with Crippen molar-refractivity contribution in [2.75, 3.05) is 6.54 Å². The highest BCUT2D eigenvalue weighted by atomic mass is 16.4. The van der Waals surface area contributed by atoms with Crippen LogP contribution in [0.2, 0.25) is 0 Å². The molecule has 1 unspecified atom stereocenters. The van der Waals surface area contributed by atoms with Gasteiger partial charge in [0.25, 0.3) is 0 Å². The van der Waals surface area contributed by atoms with Gasteiger partial charge in [0.1, 0.15) is 11.2 Å². The molecule has 0 aliphatic heterocycles. The SMILES string of the molecule is Cc1cccc(C(CN)(Cc2ncccn2)C(=O)O)c1. The highest BCUT2D eigenvalue weighted by Crippen LogP contribution is 2.28. The molecule has 2 rings (SSSR count). The van der Waals surface area contributed by atoms with Crippen molar-refractivity contribution >= 4 is 5.97 Å². The lowest BCUT2D eigenvalue weighted by Crippen LogP contribution is -2.45. The Morgan fingerprint density at radius 1 is 1.30 bits per heavy atom. The Labute approximate surface area is 117 Å². The molecule has 1 aromatic heterocycles. The van der Waals surface area contributed by atoms with E-state index in [0.717, 1.165) is 5.56 Å². The van der Waals surface area contributed by atoms with E-state index >= 15 is 0 Å². The van der Waals surface area contributed by atoms with Gasteiger partial charge < -0.3 is 10.8 Å². The highest BCUT2D eigenvalue weighted by Gasteiger charge is 2.40. The maximum absolute atomic E-state index is 11.8. The smallest absolute Gasteiger partial charge is 0.315 e. The predicted molar refractivity (Wildman–Crippen MR) is 75.3 cm³/mol. The molecular weight excluding hydrogens is 254 g/mol. The van der Waals surface area contributed by atoms with Gasteiger partial charge in [-0.2, -0.15) is 0 Å². The molecule has 0 saturated heterocycles. The van der Waals surface area contributed by atoms with E-state index in [2.05, 4.69) is 9.97 Å². The Balaban J connectivity index is 2.48. The van der Waals surface area contributed by atoms with E-state index in [1.54, 1.807) is 24.5 Å². The number of nitrogens with two attached hydrogens (primary N) is 1. The molecule has 0 radical (unpaired) electrons. The lowest BCUT2D eigenvalue weighted by molar-refractivity contribution is -0.143. The average Bonchev–Trinajstić information content (AvgIpc) is 2.45. The molecule has 0 fully saturated rings. The first kappa shape index (κ1) is 14.1. The molecule has 1 heterocycles. The second-order valence-corrected chi connectivity index (χ2v) is 4.80. The maximum Gasteiger partial charge on any atom is 0.315 e. The largest absolute Gasteiger partial charge is 0.481 e. The van der Waals surface area contributed by atoms with Crippen molar-refractivity contribution in [3.63, 3.8) is 0 Å². The number of aliphatic carboxylic acids is 1. The van der Waals surface area contributed by atoms with E-state index in [1.165, 1.54) is 0 Å². The Bertz CT molecular complexity index is 601. The number of hydrogen-bond acceptors (Lipinski definition) is 4. The van der Waals surface area contributed by atoms with Gasteiger partial charge in [-0.25, -0.2) is 9.97 Å². The fourth-order valence-electron chi connectivity index (χ4n) is 2.21. The lowest BCUT2D eigenvalue weighted by Gasteiger charge is -2.28. The third kappa shape index (κ3) is 2.67. The lowest BCUT2D eigenvalue weighted by atomic mass is 9.77. The molecular formula is C15H17N3O2. The Morgan fingerprint density at radius 3 is 2.55 bits per heavy atom. The fourth-order valence-corrected chi connectivity index (χ4v) is 2.21. The van der Waals surface area contributed by atoms with Crippen LogP contribution in [-0.4, -0.2) is 27.6 Å². The second-order valence-electron chi connectivity index (χ2n) is 4.80. The van der Waals surface area contributed by atoms with Crippen molar-refractivity contribution in [3.05, 3.63) is 59.7 Å². The number of aryl methyl sites for hydroxylation is 1. The fraction of sp³-hybridized carbons (Fsp3) is 0.267. The van der Waals surface area contributed by atoms with Crippen molar-refractivity contribution in [2.24, 2.45) is 5.73 Å². The third-order valence-electron chi connectivity index (χ3n) is 3.41. The molecule has 1 atom stereocenters. The number of rotatable bonds is 5. The number of carboxylic acids is 1. The standard InChI is InChI=1S/C15H17N3O2/c1-11-4-2-5-12(8-11)15(10-16,14(19)20)9-13-17-6-3-7-18-13/h2-8H,9-10,16H2,1H3,(H,19,20). The summed E-state index contributed by atoms with van der Waals surface area (Å²) in [6, 6.07) is 9.09. The van der Waals surface area contributed by atoms with E-state index in [-0.39, 0.29) is 13.0 Å². The zero-order valence-corrected chi connectivity index (χ0v) is 11.3. The van der Waals surface area contributed by atoms with Crippen LogP contribution < -0.4 is 5.73 Å². The molecule has 5 heteroatoms. The van der Waals surface area contributed by atoms with Gasteiger partial charge in [-0.3, -0.25) is 4.79 Å². The summed E-state index contributed by atoms with van der Waals surface area (Å²) in [7, 11) is 0. The van der Waals surface area contributed by atoms with Gasteiger partial charge in [0.2, 0.25) is 0 Å². The van der Waals surface area contributed by atoms with Crippen LogP contribution in [0, 0.1) is 6.92 Å². The summed E-state index contributed by atoms with van der Waals surface area (Å²) >= 11 is 0. The van der Waals surface area contributed by atoms with E-state index in [0.29, 0.717) is 11.4 Å². The maximum atomic E-state index is 11.8. The first-order valence-electron chi connectivity index (χ1n) is 6.35. The van der Waals surface area contributed by atoms with Gasteiger partial charge in [0, 0.05) is 25.4 Å². The Hall–Kier alpha value is -2.27. The summed E-state index contributed by atoms with van der Waals surface area (Å²) in [4.78, 5) is 20.1. The van der Waals surface area contributed by atoms with Gasteiger partial charge in [0.05, 0.1) is 0 Å². The van der Waals surface area contributed by atoms with Gasteiger partial charge in [0.15, 0.2) is 0 Å². The van der Waals surface area contributed by atoms with Crippen LogP contribution in [0.5, 0.6) is 0 Å². The molecule has 0 saturated carbocycles. The molecule has 0 bridgehead atoms. The van der Waals surface area contributed by atoms with Crippen molar-refractivity contribution < 1.29 is 9.90 Å². The molecule has 3 N–H and O–H groups in total. The third-order valence-corrected chi connectivity index (χ3v) is 3.41. The van der Waals surface area contributed by atoms with Crippen LogP contribution in [0.4, 0.5) is 0 Å². The Morgan fingerprint density at radius 2 is 2.00 bits per heavy atom. The quantitative estimate of drug-likeness (QED) is 0.855. The summed E-state index contributed by atoms with van der Waals surface area (Å²) in [5, 5.41) is 9.69. The number of aromatic nitrogens is 2. The predicted octanol–water partition coefficient (Wildman–Crippen LogP) is 1.31. The van der Waals surface area contributed by atoms with Gasteiger partial charge in [-0.05, 0) is 18.6 Å². The monoisotopic (exact) mass is 271 g/mol. The van der Waals surface area contributed by atoms with Crippen molar-refractivity contribution in [2.45, 2.75) is 18.8 Å². The second kappa shape index (κ2) is 5.79. The molecule has 2 aromatic rings. The van der Waals surface area contributed by atoms with Crippen molar-refractivity contribution in [1.82, 2.24) is 9.97 Å². The van der Waals surface area contributed by atoms with Crippen LogP contribution in [-0.2, 0) is 16.6 Å². The van der Waals surface area contributed by atoms with Gasteiger partial charge >= 0.3 is 5.97 Å². The minimum Gasteiger partial charge on any atom is -0.481 e. The minimum absolute atomic E-state index is 0.00988. The Kier molecular flexibility index (Phi) is 4.10. The topological polar surface area (TPSA) is 89.1 Å². The van der Waals surface area contributed by atoms with E-state index in [1.807, 2.05) is 25.1 Å². The summed E-state index contributed by atoms with van der Waals surface area (Å²) in [6.45, 7) is 1.91. The van der Waals surface area contributed by atoms with Crippen LogP contribution in [0.15, 0.2) is 42.7 Å². The summed E-state index contributed by atoms with van der Waals surface area (Å²) in [5.74, 6) is -0.486. The van der Waals surface area contributed by atoms with Crippen molar-refractivity contribution in [3.8, 4) is 0 Å². The minimum atomic E-state index is -1.20. The average molecular weight is 271 g/mol. The van der Waals surface area contributed by atoms with Crippen LogP contribution in [0.3, 0.4) is 0 Å².